The molecule has 1 atom stereocenters. The molecule has 0 radical (unpaired) electrons. The molecule has 1 unspecified atom stereocenters. The number of halogens is 2. The van der Waals surface area contributed by atoms with Gasteiger partial charge in [0.2, 0.25) is 0 Å². The molecule has 5 heteroatoms. The first-order chi connectivity index (χ1) is 8.27. The first-order valence-electron chi connectivity index (χ1n) is 5.86. The average molecular weight is 286 g/mol. The molecule has 1 heterocycles. The fraction of sp³-hybridized carbons (Fsp3) is 0.462. The molecule has 2 aromatic rings. The van der Waals surface area contributed by atoms with Crippen LogP contribution in [0.5, 0.6) is 0 Å². The van der Waals surface area contributed by atoms with Crippen LogP contribution in [0.15, 0.2) is 12.1 Å². The minimum Gasteiger partial charge on any atom is -0.342 e. The minimum atomic E-state index is 0.0454. The summed E-state index contributed by atoms with van der Waals surface area (Å²) in [7, 11) is 0. The Bertz CT molecular complexity index is 530. The highest BCUT2D eigenvalue weighted by Crippen LogP contribution is 2.27. The van der Waals surface area contributed by atoms with E-state index in [4.69, 9.17) is 28.9 Å². The van der Waals surface area contributed by atoms with E-state index >= 15 is 0 Å². The molecule has 1 aromatic heterocycles. The normalized spacial score (nSPS) is 14.1. The summed E-state index contributed by atoms with van der Waals surface area (Å²) in [6, 6.07) is 3.60. The first-order valence-corrected chi connectivity index (χ1v) is 6.62. The number of fused-ring (bicyclic) bond motifs is 1. The van der Waals surface area contributed by atoms with Crippen LogP contribution in [0.1, 0.15) is 26.6 Å². The Hall–Kier alpha value is -0.770. The summed E-state index contributed by atoms with van der Waals surface area (Å²) in [5.74, 6) is 0.866. The van der Waals surface area contributed by atoms with Crippen molar-refractivity contribution in [3.63, 3.8) is 0 Å². The molecular weight excluding hydrogens is 269 g/mol. The molecule has 98 valence electrons. The van der Waals surface area contributed by atoms with Crippen LogP contribution in [0.2, 0.25) is 10.0 Å². The van der Waals surface area contributed by atoms with Gasteiger partial charge in [-0.25, -0.2) is 4.98 Å². The highest BCUT2D eigenvalue weighted by molar-refractivity contribution is 6.42. The van der Waals surface area contributed by atoms with Crippen LogP contribution in [-0.4, -0.2) is 16.0 Å². The Labute approximate surface area is 117 Å². The summed E-state index contributed by atoms with van der Waals surface area (Å²) in [6.45, 7) is 6.36. The maximum atomic E-state index is 6.15. The highest BCUT2D eigenvalue weighted by atomic mass is 35.5. The molecule has 0 spiro atoms. The van der Waals surface area contributed by atoms with E-state index in [0.717, 1.165) is 16.9 Å². The number of nitrogens with one attached hydrogen (secondary N) is 1. The lowest BCUT2D eigenvalue weighted by molar-refractivity contribution is 0.315. The summed E-state index contributed by atoms with van der Waals surface area (Å²) in [6.07, 6.45) is 0.702. The van der Waals surface area contributed by atoms with E-state index in [-0.39, 0.29) is 11.5 Å². The van der Waals surface area contributed by atoms with Gasteiger partial charge in [0.1, 0.15) is 5.82 Å². The fourth-order valence-electron chi connectivity index (χ4n) is 1.67. The number of hydrogen-bond donors (Lipinski definition) is 2. The van der Waals surface area contributed by atoms with Gasteiger partial charge in [0, 0.05) is 12.5 Å². The van der Waals surface area contributed by atoms with Gasteiger partial charge in [-0.1, -0.05) is 44.0 Å². The molecule has 0 saturated heterocycles. The quantitative estimate of drug-likeness (QED) is 0.882. The van der Waals surface area contributed by atoms with Crippen molar-refractivity contribution in [1.29, 1.82) is 0 Å². The Morgan fingerprint density at radius 3 is 2.50 bits per heavy atom. The second-order valence-corrected chi connectivity index (χ2v) is 6.46. The Balaban J connectivity index is 2.31. The maximum Gasteiger partial charge on any atom is 0.108 e. The molecule has 0 aliphatic heterocycles. The van der Waals surface area contributed by atoms with Gasteiger partial charge in [-0.05, 0) is 17.5 Å². The molecule has 3 N–H and O–H groups in total. The summed E-state index contributed by atoms with van der Waals surface area (Å²) in [5.41, 5.74) is 7.91. The van der Waals surface area contributed by atoms with E-state index in [1.165, 1.54) is 0 Å². The Morgan fingerprint density at radius 2 is 1.89 bits per heavy atom. The number of H-pyrrole nitrogens is 1. The van der Waals surface area contributed by atoms with E-state index in [0.29, 0.717) is 16.5 Å². The van der Waals surface area contributed by atoms with E-state index < -0.39 is 0 Å². The lowest BCUT2D eigenvalue weighted by atomic mass is 9.85. The molecular formula is C13H17Cl2N3. The van der Waals surface area contributed by atoms with E-state index in [9.17, 15) is 0 Å². The lowest BCUT2D eigenvalue weighted by Gasteiger charge is -2.26. The number of rotatable bonds is 2. The second kappa shape index (κ2) is 4.72. The largest absolute Gasteiger partial charge is 0.342 e. The minimum absolute atomic E-state index is 0.0454. The van der Waals surface area contributed by atoms with Gasteiger partial charge in [-0.2, -0.15) is 0 Å². The van der Waals surface area contributed by atoms with Gasteiger partial charge in [0.25, 0.3) is 0 Å². The molecule has 1 aromatic carbocycles. The van der Waals surface area contributed by atoms with Gasteiger partial charge in [-0.15, -0.1) is 0 Å². The van der Waals surface area contributed by atoms with Crippen LogP contribution in [0.25, 0.3) is 11.0 Å². The summed E-state index contributed by atoms with van der Waals surface area (Å²) in [5, 5.41) is 1.04. The molecule has 0 saturated carbocycles. The molecule has 0 aliphatic carbocycles. The number of hydrogen-bond acceptors (Lipinski definition) is 2. The molecule has 2 rings (SSSR count). The molecule has 3 nitrogen and oxygen atoms in total. The van der Waals surface area contributed by atoms with Crippen molar-refractivity contribution in [3.05, 3.63) is 28.0 Å². The fourth-order valence-corrected chi connectivity index (χ4v) is 1.99. The van der Waals surface area contributed by atoms with Gasteiger partial charge < -0.3 is 10.7 Å². The summed E-state index contributed by atoms with van der Waals surface area (Å²) in [4.78, 5) is 7.72. The van der Waals surface area contributed by atoms with E-state index in [1.54, 1.807) is 12.1 Å². The van der Waals surface area contributed by atoms with Gasteiger partial charge in [0.15, 0.2) is 0 Å². The van der Waals surface area contributed by atoms with Gasteiger partial charge in [-0.3, -0.25) is 0 Å². The smallest absolute Gasteiger partial charge is 0.108 e. The number of nitrogens with zero attached hydrogens (tertiary/aromatic N) is 1. The standard InChI is InChI=1S/C13H17Cl2N3/c1-13(2,3)11(16)6-12-17-9-4-7(14)8(15)5-10(9)18-12/h4-5,11H,6,16H2,1-3H3,(H,17,18). The maximum absolute atomic E-state index is 6.15. The predicted molar refractivity (Wildman–Crippen MR) is 77.2 cm³/mol. The van der Waals surface area contributed by atoms with Crippen molar-refractivity contribution in [2.75, 3.05) is 0 Å². The number of imidazole rings is 1. The average Bonchev–Trinajstić information content (AvgIpc) is 2.59. The molecule has 0 bridgehead atoms. The summed E-state index contributed by atoms with van der Waals surface area (Å²) >= 11 is 11.9. The highest BCUT2D eigenvalue weighted by Gasteiger charge is 2.22. The molecule has 0 amide bonds. The van der Waals surface area contributed by atoms with Crippen molar-refractivity contribution >= 4 is 34.2 Å². The first kappa shape index (κ1) is 13.7. The van der Waals surface area contributed by atoms with Crippen molar-refractivity contribution in [2.45, 2.75) is 33.2 Å². The van der Waals surface area contributed by atoms with Crippen LogP contribution < -0.4 is 5.73 Å². The number of benzene rings is 1. The van der Waals surface area contributed by atoms with E-state index in [1.807, 2.05) is 0 Å². The van der Waals surface area contributed by atoms with Crippen LogP contribution in [0.4, 0.5) is 0 Å². The van der Waals surface area contributed by atoms with Crippen molar-refractivity contribution in [3.8, 4) is 0 Å². The third-order valence-corrected chi connectivity index (χ3v) is 3.82. The third-order valence-electron chi connectivity index (χ3n) is 3.10. The molecule has 18 heavy (non-hydrogen) atoms. The molecule has 0 fully saturated rings. The lowest BCUT2D eigenvalue weighted by Crippen LogP contribution is -2.37. The van der Waals surface area contributed by atoms with Crippen LogP contribution in [-0.2, 0) is 6.42 Å². The zero-order valence-electron chi connectivity index (χ0n) is 10.7. The monoisotopic (exact) mass is 285 g/mol. The number of aromatic nitrogens is 2. The Morgan fingerprint density at radius 1 is 1.28 bits per heavy atom. The second-order valence-electron chi connectivity index (χ2n) is 5.64. The molecule has 0 aliphatic rings. The number of aromatic amines is 1. The van der Waals surface area contributed by atoms with Crippen molar-refractivity contribution in [2.24, 2.45) is 11.1 Å². The van der Waals surface area contributed by atoms with Gasteiger partial charge in [0.05, 0.1) is 21.1 Å². The van der Waals surface area contributed by atoms with Crippen LogP contribution in [0.3, 0.4) is 0 Å². The number of nitrogens with two attached hydrogens (primary N) is 1. The summed E-state index contributed by atoms with van der Waals surface area (Å²) < 4.78 is 0. The zero-order chi connectivity index (χ0) is 13.5. The van der Waals surface area contributed by atoms with Crippen molar-refractivity contribution in [1.82, 2.24) is 9.97 Å². The SMILES string of the molecule is CC(C)(C)C(N)Cc1nc2cc(Cl)c(Cl)cc2[nH]1. The third kappa shape index (κ3) is 2.79. The topological polar surface area (TPSA) is 54.7 Å². The van der Waals surface area contributed by atoms with Crippen LogP contribution in [0, 0.1) is 5.41 Å². The predicted octanol–water partition coefficient (Wildman–Crippen LogP) is 3.79. The Kier molecular flexibility index (Phi) is 3.58. The van der Waals surface area contributed by atoms with Crippen molar-refractivity contribution < 1.29 is 0 Å². The zero-order valence-corrected chi connectivity index (χ0v) is 12.2. The van der Waals surface area contributed by atoms with Gasteiger partial charge >= 0.3 is 0 Å². The van der Waals surface area contributed by atoms with E-state index in [2.05, 4.69) is 30.7 Å². The van der Waals surface area contributed by atoms with Crippen LogP contribution >= 0.6 is 23.2 Å².